The highest BCUT2D eigenvalue weighted by Gasteiger charge is 2.28. The molecule has 7 heteroatoms. The fraction of sp³-hybridized carbons (Fsp3) is 0.611. The lowest BCUT2D eigenvalue weighted by atomic mass is 9.99. The minimum atomic E-state index is -2.88. The van der Waals surface area contributed by atoms with E-state index in [0.29, 0.717) is 12.2 Å². The Balaban J connectivity index is 1.45. The minimum absolute atomic E-state index is 0.0552. The molecule has 2 aliphatic rings. The topological polar surface area (TPSA) is 66.5 Å². The predicted molar refractivity (Wildman–Crippen MR) is 105 cm³/mol. The summed E-state index contributed by atoms with van der Waals surface area (Å²) in [4.78, 5) is 14.5. The zero-order valence-electron chi connectivity index (χ0n) is 14.6. The molecule has 0 radical (unpaired) electrons. The van der Waals surface area contributed by atoms with Crippen molar-refractivity contribution in [1.29, 1.82) is 0 Å². The number of carbonyl (C=O) groups is 1. The normalized spacial score (nSPS) is 23.6. The molecular formula is C18H26N2O3S2. The van der Waals surface area contributed by atoms with Crippen LogP contribution in [0.1, 0.15) is 26.2 Å². The van der Waals surface area contributed by atoms with Gasteiger partial charge >= 0.3 is 0 Å². The van der Waals surface area contributed by atoms with Crippen LogP contribution in [-0.2, 0) is 14.6 Å². The third-order valence-corrected chi connectivity index (χ3v) is 8.22. The van der Waals surface area contributed by atoms with Crippen LogP contribution in [0.25, 0.3) is 0 Å². The number of anilines is 2. The van der Waals surface area contributed by atoms with Crippen LogP contribution in [0.3, 0.4) is 0 Å². The highest BCUT2D eigenvalue weighted by molar-refractivity contribution is 8.02. The number of sulfone groups is 1. The van der Waals surface area contributed by atoms with Gasteiger partial charge in [0.15, 0.2) is 9.84 Å². The number of carbonyl (C=O) groups excluding carboxylic acids is 1. The minimum Gasteiger partial charge on any atom is -0.372 e. The number of nitrogens with zero attached hydrogens (tertiary/aromatic N) is 1. The Kier molecular flexibility index (Phi) is 5.94. The molecule has 0 spiro atoms. The lowest BCUT2D eigenvalue weighted by molar-refractivity contribution is -0.113. The van der Waals surface area contributed by atoms with Crippen LogP contribution in [-0.4, -0.2) is 49.9 Å². The zero-order valence-corrected chi connectivity index (χ0v) is 16.2. The number of hydrogen-bond donors (Lipinski definition) is 1. The highest BCUT2D eigenvalue weighted by atomic mass is 32.2. The second-order valence-electron chi connectivity index (χ2n) is 7.10. The van der Waals surface area contributed by atoms with Crippen LogP contribution < -0.4 is 10.2 Å². The molecule has 0 aliphatic carbocycles. The van der Waals surface area contributed by atoms with E-state index in [2.05, 4.69) is 29.3 Å². The van der Waals surface area contributed by atoms with Gasteiger partial charge in [-0.2, -0.15) is 0 Å². The van der Waals surface area contributed by atoms with Gasteiger partial charge in [0.05, 0.1) is 17.3 Å². The second kappa shape index (κ2) is 7.99. The number of rotatable bonds is 5. The van der Waals surface area contributed by atoms with Crippen molar-refractivity contribution < 1.29 is 13.2 Å². The molecule has 2 heterocycles. The Morgan fingerprint density at radius 1 is 1.20 bits per heavy atom. The van der Waals surface area contributed by atoms with E-state index in [9.17, 15) is 13.2 Å². The van der Waals surface area contributed by atoms with Crippen molar-refractivity contribution in [3.8, 4) is 0 Å². The van der Waals surface area contributed by atoms with E-state index in [-0.39, 0.29) is 22.7 Å². The molecule has 2 fully saturated rings. The van der Waals surface area contributed by atoms with Gasteiger partial charge in [0, 0.05) is 29.7 Å². The Hall–Kier alpha value is -1.21. The molecule has 1 aromatic rings. The highest BCUT2D eigenvalue weighted by Crippen LogP contribution is 2.26. The van der Waals surface area contributed by atoms with Crippen LogP contribution in [0.2, 0.25) is 0 Å². The van der Waals surface area contributed by atoms with E-state index >= 15 is 0 Å². The van der Waals surface area contributed by atoms with Gasteiger partial charge in [-0.25, -0.2) is 8.42 Å². The number of benzene rings is 1. The van der Waals surface area contributed by atoms with Gasteiger partial charge < -0.3 is 10.2 Å². The van der Waals surface area contributed by atoms with E-state index < -0.39 is 9.84 Å². The van der Waals surface area contributed by atoms with Gasteiger partial charge in [-0.1, -0.05) is 6.92 Å². The first-order chi connectivity index (χ1) is 11.9. The van der Waals surface area contributed by atoms with E-state index in [1.165, 1.54) is 30.3 Å². The van der Waals surface area contributed by atoms with Gasteiger partial charge in [0.1, 0.15) is 0 Å². The summed E-state index contributed by atoms with van der Waals surface area (Å²) < 4.78 is 22.9. The standard InChI is InChI=1S/C18H26N2O3S2/c1-14-6-9-20(10-7-14)16-4-2-15(3-5-16)19-18(21)12-24-17-8-11-25(22,23)13-17/h2-5,14,17H,6-13H2,1H3,(H,19,21). The first-order valence-electron chi connectivity index (χ1n) is 8.88. The van der Waals surface area contributed by atoms with Crippen LogP contribution >= 0.6 is 11.8 Å². The Labute approximate surface area is 154 Å². The third-order valence-electron chi connectivity index (χ3n) is 4.94. The summed E-state index contributed by atoms with van der Waals surface area (Å²) in [7, 11) is -2.88. The van der Waals surface area contributed by atoms with E-state index in [0.717, 1.165) is 24.7 Å². The molecule has 3 rings (SSSR count). The van der Waals surface area contributed by atoms with Gasteiger partial charge in [-0.15, -0.1) is 11.8 Å². The molecule has 138 valence electrons. The first-order valence-corrected chi connectivity index (χ1v) is 11.8. The maximum atomic E-state index is 12.1. The lowest BCUT2D eigenvalue weighted by Crippen LogP contribution is -2.32. The second-order valence-corrected chi connectivity index (χ2v) is 10.6. The number of piperidine rings is 1. The van der Waals surface area contributed by atoms with E-state index in [4.69, 9.17) is 0 Å². The van der Waals surface area contributed by atoms with E-state index in [1.807, 2.05) is 12.1 Å². The van der Waals surface area contributed by atoms with Crippen molar-refractivity contribution >= 4 is 38.9 Å². The Morgan fingerprint density at radius 2 is 1.88 bits per heavy atom. The molecule has 5 nitrogen and oxygen atoms in total. The summed E-state index contributed by atoms with van der Waals surface area (Å²) >= 11 is 1.44. The Morgan fingerprint density at radius 3 is 2.48 bits per heavy atom. The molecule has 25 heavy (non-hydrogen) atoms. The van der Waals surface area contributed by atoms with Gasteiger partial charge in [0.2, 0.25) is 5.91 Å². The molecule has 0 saturated carbocycles. The maximum Gasteiger partial charge on any atom is 0.234 e. The molecule has 1 amide bonds. The van der Waals surface area contributed by atoms with Crippen LogP contribution in [0.4, 0.5) is 11.4 Å². The third kappa shape index (κ3) is 5.38. The summed E-state index contributed by atoms with van der Waals surface area (Å²) in [6.07, 6.45) is 3.11. The van der Waals surface area contributed by atoms with Gasteiger partial charge in [0.25, 0.3) is 0 Å². The van der Waals surface area contributed by atoms with Gasteiger partial charge in [-0.3, -0.25) is 4.79 Å². The average molecular weight is 383 g/mol. The molecule has 0 bridgehead atoms. The maximum absolute atomic E-state index is 12.1. The largest absolute Gasteiger partial charge is 0.372 e. The summed E-state index contributed by atoms with van der Waals surface area (Å²) in [5, 5.41) is 2.95. The SMILES string of the molecule is CC1CCN(c2ccc(NC(=O)CSC3CCS(=O)(=O)C3)cc2)CC1. The predicted octanol–water partition coefficient (Wildman–Crippen LogP) is 2.78. The molecule has 1 atom stereocenters. The van der Waals surface area contributed by atoms with E-state index in [1.54, 1.807) is 0 Å². The molecular weight excluding hydrogens is 356 g/mol. The molecule has 1 aromatic carbocycles. The van der Waals surface area contributed by atoms with Crippen molar-refractivity contribution in [2.24, 2.45) is 5.92 Å². The summed E-state index contributed by atoms with van der Waals surface area (Å²) in [6.45, 7) is 4.48. The number of hydrogen-bond acceptors (Lipinski definition) is 5. The van der Waals surface area contributed by atoms with Crippen LogP contribution in [0.5, 0.6) is 0 Å². The molecule has 0 aromatic heterocycles. The lowest BCUT2D eigenvalue weighted by Gasteiger charge is -2.32. The monoisotopic (exact) mass is 382 g/mol. The molecule has 1 unspecified atom stereocenters. The molecule has 2 saturated heterocycles. The van der Waals surface area contributed by atoms with Crippen molar-refractivity contribution in [3.05, 3.63) is 24.3 Å². The molecule has 1 N–H and O–H groups in total. The Bertz CT molecular complexity index is 696. The fourth-order valence-electron chi connectivity index (χ4n) is 3.31. The number of thioether (sulfide) groups is 1. The van der Waals surface area contributed by atoms with Crippen LogP contribution in [0.15, 0.2) is 24.3 Å². The number of amides is 1. The number of nitrogens with one attached hydrogen (secondary N) is 1. The quantitative estimate of drug-likeness (QED) is 0.848. The summed E-state index contributed by atoms with van der Waals surface area (Å²) in [5.41, 5.74) is 1.99. The fourth-order valence-corrected chi connectivity index (χ4v) is 6.75. The van der Waals surface area contributed by atoms with Crippen molar-refractivity contribution in [2.45, 2.75) is 31.4 Å². The van der Waals surface area contributed by atoms with Crippen molar-refractivity contribution in [1.82, 2.24) is 0 Å². The summed E-state index contributed by atoms with van der Waals surface area (Å²) in [5.74, 6) is 1.49. The smallest absolute Gasteiger partial charge is 0.234 e. The zero-order chi connectivity index (χ0) is 17.9. The van der Waals surface area contributed by atoms with Gasteiger partial charge in [-0.05, 0) is 49.4 Å². The average Bonchev–Trinajstić information content (AvgIpc) is 2.94. The van der Waals surface area contributed by atoms with Crippen molar-refractivity contribution in [2.75, 3.05) is 40.6 Å². The van der Waals surface area contributed by atoms with Crippen LogP contribution in [0, 0.1) is 5.92 Å². The summed E-state index contributed by atoms with van der Waals surface area (Å²) in [6, 6.07) is 8.00. The van der Waals surface area contributed by atoms with Crippen molar-refractivity contribution in [3.63, 3.8) is 0 Å². The first kappa shape index (κ1) is 18.6. The molecule has 2 aliphatic heterocycles.